The molecule has 0 radical (unpaired) electrons. The standard InChI is InChI=1S/C77H128O6/c1-4-7-10-13-16-19-22-24-26-28-30-32-33-34-35-36-37-38-39-40-41-42-43-45-46-48-50-52-55-58-61-64-67-70-76(79)82-73-74(72-81-75(78)69-66-63-60-57-54-21-18-15-12-9-6-3)83-77(80)71-68-65-62-59-56-53-51-49-47-44-31-29-27-25-23-20-17-14-11-8-5-2/h7-8,10-11,16-17,19-20,24-27,30-32,34-35,44,49,51,56,59,74H,4-6,9,12-15,18,21-23,28-29,33,36-43,45-48,50,52-55,57-58,60-73H2,1-3H3/b10-7-,11-8-,19-16-,20-17-,26-24-,27-25-,32-30-,35-34-,44-31-,51-49-,59-56-. The third-order valence-corrected chi connectivity index (χ3v) is 14.7. The maximum Gasteiger partial charge on any atom is 0.306 e. The van der Waals surface area contributed by atoms with Gasteiger partial charge in [-0.25, -0.2) is 0 Å². The molecule has 83 heavy (non-hydrogen) atoms. The molecule has 0 aliphatic rings. The van der Waals surface area contributed by atoms with Gasteiger partial charge in [0.2, 0.25) is 0 Å². The molecule has 0 spiro atoms. The minimum Gasteiger partial charge on any atom is -0.462 e. The number of hydrogen-bond donors (Lipinski definition) is 0. The molecule has 0 saturated carbocycles. The van der Waals surface area contributed by atoms with Gasteiger partial charge in [-0.1, -0.05) is 315 Å². The number of allylic oxidation sites excluding steroid dienone is 22. The second-order valence-electron chi connectivity index (χ2n) is 22.7. The number of esters is 3. The van der Waals surface area contributed by atoms with Crippen LogP contribution >= 0.6 is 0 Å². The summed E-state index contributed by atoms with van der Waals surface area (Å²) in [7, 11) is 0. The van der Waals surface area contributed by atoms with Crippen LogP contribution in [0, 0.1) is 0 Å². The van der Waals surface area contributed by atoms with Crippen LogP contribution in [0.5, 0.6) is 0 Å². The van der Waals surface area contributed by atoms with E-state index in [4.69, 9.17) is 14.2 Å². The Morgan fingerprint density at radius 2 is 0.470 bits per heavy atom. The van der Waals surface area contributed by atoms with E-state index in [1.165, 1.54) is 148 Å². The smallest absolute Gasteiger partial charge is 0.306 e. The zero-order valence-corrected chi connectivity index (χ0v) is 54.2. The lowest BCUT2D eigenvalue weighted by Gasteiger charge is -2.18. The Morgan fingerprint density at radius 3 is 0.759 bits per heavy atom. The van der Waals surface area contributed by atoms with Crippen LogP contribution in [-0.2, 0) is 28.6 Å². The molecule has 0 N–H and O–H groups in total. The maximum absolute atomic E-state index is 12.9. The lowest BCUT2D eigenvalue weighted by atomic mass is 10.0. The van der Waals surface area contributed by atoms with E-state index in [2.05, 4.69) is 154 Å². The average molecular weight is 1150 g/mol. The van der Waals surface area contributed by atoms with E-state index in [0.29, 0.717) is 19.3 Å². The molecule has 0 heterocycles. The van der Waals surface area contributed by atoms with Crippen LogP contribution in [0.15, 0.2) is 134 Å². The SMILES string of the molecule is CC/C=C\C/C=C\C/C=C\C/C=C\C/C=C\C/C=C\CCCCC(=O)OC(COC(=O)CCCCCCCCCCCCC)COC(=O)CCCCCCCCCCCCCCCCCCC/C=C\C/C=C\C/C=C\C/C=C\C/C=C\CC. The second kappa shape index (κ2) is 70.0. The Balaban J connectivity index is 4.23. The van der Waals surface area contributed by atoms with Crippen molar-refractivity contribution in [1.82, 2.24) is 0 Å². The van der Waals surface area contributed by atoms with Gasteiger partial charge in [0, 0.05) is 19.3 Å². The second-order valence-corrected chi connectivity index (χ2v) is 22.7. The van der Waals surface area contributed by atoms with Gasteiger partial charge in [0.15, 0.2) is 6.10 Å². The number of unbranched alkanes of at least 4 members (excludes halogenated alkanes) is 29. The summed E-state index contributed by atoms with van der Waals surface area (Å²) in [6, 6.07) is 0. The zero-order valence-electron chi connectivity index (χ0n) is 54.2. The van der Waals surface area contributed by atoms with Gasteiger partial charge in [-0.05, 0) is 116 Å². The molecule has 0 aromatic carbocycles. The fraction of sp³-hybridized carbons (Fsp3) is 0.675. The molecule has 6 heteroatoms. The Labute approximate surface area is 513 Å². The molecular weight excluding hydrogens is 1020 g/mol. The van der Waals surface area contributed by atoms with E-state index < -0.39 is 6.10 Å². The first-order valence-corrected chi connectivity index (χ1v) is 34.7. The molecule has 6 nitrogen and oxygen atoms in total. The predicted octanol–water partition coefficient (Wildman–Crippen LogP) is 24.1. The average Bonchev–Trinajstić information content (AvgIpc) is 3.48. The van der Waals surface area contributed by atoms with Gasteiger partial charge in [-0.3, -0.25) is 14.4 Å². The summed E-state index contributed by atoms with van der Waals surface area (Å²) in [6.45, 7) is 6.39. The van der Waals surface area contributed by atoms with Gasteiger partial charge >= 0.3 is 17.9 Å². The molecule has 472 valence electrons. The van der Waals surface area contributed by atoms with Gasteiger partial charge in [0.05, 0.1) is 0 Å². The number of ether oxygens (including phenoxy) is 3. The summed E-state index contributed by atoms with van der Waals surface area (Å²) in [5, 5.41) is 0. The van der Waals surface area contributed by atoms with Crippen molar-refractivity contribution in [2.24, 2.45) is 0 Å². The van der Waals surface area contributed by atoms with Crippen LogP contribution < -0.4 is 0 Å². The van der Waals surface area contributed by atoms with E-state index in [9.17, 15) is 14.4 Å². The fourth-order valence-corrected chi connectivity index (χ4v) is 9.53. The molecule has 0 aromatic heterocycles. The van der Waals surface area contributed by atoms with E-state index in [1.54, 1.807) is 0 Å². The van der Waals surface area contributed by atoms with Crippen LogP contribution in [0.3, 0.4) is 0 Å². The topological polar surface area (TPSA) is 78.9 Å². The summed E-state index contributed by atoms with van der Waals surface area (Å²) in [6.07, 6.45) is 99.2. The van der Waals surface area contributed by atoms with E-state index in [1.807, 2.05) is 0 Å². The summed E-state index contributed by atoms with van der Waals surface area (Å²) in [5.74, 6) is -0.930. The monoisotopic (exact) mass is 1150 g/mol. The molecule has 1 atom stereocenters. The van der Waals surface area contributed by atoms with Crippen LogP contribution in [-0.4, -0.2) is 37.2 Å². The van der Waals surface area contributed by atoms with Crippen LogP contribution in [0.2, 0.25) is 0 Å². The van der Waals surface area contributed by atoms with E-state index in [0.717, 1.165) is 122 Å². The molecule has 0 saturated heterocycles. The largest absolute Gasteiger partial charge is 0.462 e. The Morgan fingerprint density at radius 1 is 0.253 bits per heavy atom. The van der Waals surface area contributed by atoms with E-state index >= 15 is 0 Å². The lowest BCUT2D eigenvalue weighted by molar-refractivity contribution is -0.167. The highest BCUT2D eigenvalue weighted by Crippen LogP contribution is 2.17. The summed E-state index contributed by atoms with van der Waals surface area (Å²) < 4.78 is 16.9. The molecule has 0 aliphatic heterocycles. The van der Waals surface area contributed by atoms with Gasteiger partial charge in [-0.15, -0.1) is 0 Å². The quantitative estimate of drug-likeness (QED) is 0.0261. The number of carbonyl (C=O) groups is 3. The van der Waals surface area contributed by atoms with Crippen molar-refractivity contribution in [3.63, 3.8) is 0 Å². The summed E-state index contributed by atoms with van der Waals surface area (Å²) >= 11 is 0. The molecule has 0 aliphatic carbocycles. The Bertz CT molecular complexity index is 1750. The first-order valence-electron chi connectivity index (χ1n) is 34.7. The van der Waals surface area contributed by atoms with Gasteiger partial charge in [0.1, 0.15) is 13.2 Å². The maximum atomic E-state index is 12.9. The van der Waals surface area contributed by atoms with Crippen LogP contribution in [0.25, 0.3) is 0 Å². The minimum absolute atomic E-state index is 0.0945. The van der Waals surface area contributed by atoms with Crippen LogP contribution in [0.4, 0.5) is 0 Å². The molecule has 1 unspecified atom stereocenters. The third kappa shape index (κ3) is 68.2. The van der Waals surface area contributed by atoms with Crippen molar-refractivity contribution in [3.8, 4) is 0 Å². The summed E-state index contributed by atoms with van der Waals surface area (Å²) in [4.78, 5) is 38.3. The predicted molar refractivity (Wildman–Crippen MR) is 362 cm³/mol. The highest BCUT2D eigenvalue weighted by atomic mass is 16.6. The number of rotatable bonds is 62. The molecule has 0 bridgehead atoms. The first-order chi connectivity index (χ1) is 41.0. The number of hydrogen-bond acceptors (Lipinski definition) is 6. The minimum atomic E-state index is -0.803. The van der Waals surface area contributed by atoms with Crippen LogP contribution in [0.1, 0.15) is 316 Å². The molecular formula is C77H128O6. The van der Waals surface area contributed by atoms with E-state index in [-0.39, 0.29) is 37.5 Å². The van der Waals surface area contributed by atoms with Crippen molar-refractivity contribution >= 4 is 17.9 Å². The highest BCUT2D eigenvalue weighted by molar-refractivity contribution is 5.71. The first kappa shape index (κ1) is 78.5. The summed E-state index contributed by atoms with van der Waals surface area (Å²) in [5.41, 5.74) is 0. The zero-order chi connectivity index (χ0) is 59.9. The number of carbonyl (C=O) groups excluding carboxylic acids is 3. The molecule has 0 rings (SSSR count). The molecule has 0 aromatic rings. The van der Waals surface area contributed by atoms with Crippen molar-refractivity contribution < 1.29 is 28.6 Å². The molecule has 0 amide bonds. The Kier molecular flexibility index (Phi) is 66.3. The lowest BCUT2D eigenvalue weighted by Crippen LogP contribution is -2.30. The molecule has 0 fully saturated rings. The van der Waals surface area contributed by atoms with Gasteiger partial charge < -0.3 is 14.2 Å². The van der Waals surface area contributed by atoms with Crippen molar-refractivity contribution in [2.75, 3.05) is 13.2 Å². The normalized spacial score (nSPS) is 13.0. The highest BCUT2D eigenvalue weighted by Gasteiger charge is 2.19. The van der Waals surface area contributed by atoms with Crippen molar-refractivity contribution in [2.45, 2.75) is 322 Å². The fourth-order valence-electron chi connectivity index (χ4n) is 9.53. The Hall–Kier alpha value is -4.45. The van der Waals surface area contributed by atoms with Crippen molar-refractivity contribution in [3.05, 3.63) is 134 Å². The van der Waals surface area contributed by atoms with Gasteiger partial charge in [-0.2, -0.15) is 0 Å². The third-order valence-electron chi connectivity index (χ3n) is 14.7. The van der Waals surface area contributed by atoms with Crippen molar-refractivity contribution in [1.29, 1.82) is 0 Å². The van der Waals surface area contributed by atoms with Gasteiger partial charge in [0.25, 0.3) is 0 Å².